The summed E-state index contributed by atoms with van der Waals surface area (Å²) in [4.78, 5) is 2.60. The molecule has 0 aliphatic carbocycles. The molecule has 0 aromatic heterocycles. The fourth-order valence-corrected chi connectivity index (χ4v) is 2.31. The molecule has 0 saturated carbocycles. The van der Waals surface area contributed by atoms with Gasteiger partial charge in [0.2, 0.25) is 0 Å². The fourth-order valence-electron chi connectivity index (χ4n) is 2.31. The molecule has 2 heteroatoms. The molecule has 0 atom stereocenters. The molecule has 2 heterocycles. The van der Waals surface area contributed by atoms with Crippen LogP contribution in [0.25, 0.3) is 0 Å². The summed E-state index contributed by atoms with van der Waals surface area (Å²) in [6.45, 7) is 6.72. The Hall–Kier alpha value is -0.0800. The first-order chi connectivity index (χ1) is 5.37. The van der Waals surface area contributed by atoms with Gasteiger partial charge in [0, 0.05) is 0 Å². The first-order valence-corrected chi connectivity index (χ1v) is 4.70. The summed E-state index contributed by atoms with van der Waals surface area (Å²) in [7, 11) is 0. The Morgan fingerprint density at radius 2 is 2.18 bits per heavy atom. The molecule has 2 rings (SSSR count). The maximum Gasteiger partial charge on any atom is 0.0678 e. The molecule has 11 heavy (non-hydrogen) atoms. The third kappa shape index (κ3) is 1.09. The van der Waals surface area contributed by atoms with Crippen LogP contribution in [-0.2, 0) is 4.74 Å². The van der Waals surface area contributed by atoms with Crippen molar-refractivity contribution in [1.29, 1.82) is 0 Å². The standard InChI is InChI=1S/C9H17NO/c1-2-10-6-4-3-5-9(10)7-11-8-9/h2-8H2,1H3. The van der Waals surface area contributed by atoms with Crippen molar-refractivity contribution in [3.8, 4) is 0 Å². The van der Waals surface area contributed by atoms with Crippen molar-refractivity contribution in [3.05, 3.63) is 0 Å². The molecule has 64 valence electrons. The van der Waals surface area contributed by atoms with Crippen molar-refractivity contribution in [2.45, 2.75) is 31.7 Å². The SMILES string of the molecule is CCN1CCCCC12COC2. The minimum absolute atomic E-state index is 0.479. The Balaban J connectivity index is 2.02. The Labute approximate surface area is 68.5 Å². The topological polar surface area (TPSA) is 12.5 Å². The van der Waals surface area contributed by atoms with E-state index >= 15 is 0 Å². The van der Waals surface area contributed by atoms with Gasteiger partial charge in [0.05, 0.1) is 18.8 Å². The molecule has 2 saturated heterocycles. The summed E-state index contributed by atoms with van der Waals surface area (Å²) in [5, 5.41) is 0. The molecule has 0 amide bonds. The van der Waals surface area contributed by atoms with Gasteiger partial charge in [-0.05, 0) is 25.9 Å². The fraction of sp³-hybridized carbons (Fsp3) is 1.00. The first-order valence-electron chi connectivity index (χ1n) is 4.70. The second kappa shape index (κ2) is 2.76. The summed E-state index contributed by atoms with van der Waals surface area (Å²) in [6.07, 6.45) is 4.15. The smallest absolute Gasteiger partial charge is 0.0678 e. The van der Waals surface area contributed by atoms with E-state index in [1.54, 1.807) is 0 Å². The number of nitrogens with zero attached hydrogens (tertiary/aromatic N) is 1. The zero-order valence-corrected chi connectivity index (χ0v) is 7.31. The van der Waals surface area contributed by atoms with Crippen LogP contribution in [0.4, 0.5) is 0 Å². The highest BCUT2D eigenvalue weighted by Gasteiger charge is 2.44. The number of piperidine rings is 1. The van der Waals surface area contributed by atoms with Crippen LogP contribution in [0, 0.1) is 0 Å². The molecule has 0 N–H and O–H groups in total. The summed E-state index contributed by atoms with van der Waals surface area (Å²) in [5.41, 5.74) is 0.479. The Kier molecular flexibility index (Phi) is 1.90. The average Bonchev–Trinajstić information content (AvgIpc) is 2.01. The second-order valence-corrected chi connectivity index (χ2v) is 3.75. The van der Waals surface area contributed by atoms with Crippen molar-refractivity contribution in [2.75, 3.05) is 26.3 Å². The summed E-state index contributed by atoms with van der Waals surface area (Å²) < 4.78 is 5.31. The van der Waals surface area contributed by atoms with Gasteiger partial charge in [-0.2, -0.15) is 0 Å². The monoisotopic (exact) mass is 155 g/mol. The summed E-state index contributed by atoms with van der Waals surface area (Å²) >= 11 is 0. The van der Waals surface area contributed by atoms with Gasteiger partial charge in [-0.3, -0.25) is 4.90 Å². The Bertz CT molecular complexity index is 142. The van der Waals surface area contributed by atoms with Crippen molar-refractivity contribution in [2.24, 2.45) is 0 Å². The highest BCUT2D eigenvalue weighted by atomic mass is 16.5. The third-order valence-electron chi connectivity index (χ3n) is 3.11. The van der Waals surface area contributed by atoms with E-state index in [2.05, 4.69) is 11.8 Å². The highest BCUT2D eigenvalue weighted by Crippen LogP contribution is 2.33. The van der Waals surface area contributed by atoms with Gasteiger partial charge in [-0.1, -0.05) is 13.3 Å². The summed E-state index contributed by atoms with van der Waals surface area (Å²) in [5.74, 6) is 0. The van der Waals surface area contributed by atoms with Gasteiger partial charge >= 0.3 is 0 Å². The normalized spacial score (nSPS) is 30.3. The van der Waals surface area contributed by atoms with E-state index < -0.39 is 0 Å². The predicted octanol–water partition coefficient (Wildman–Crippen LogP) is 1.26. The Morgan fingerprint density at radius 3 is 2.64 bits per heavy atom. The summed E-state index contributed by atoms with van der Waals surface area (Å²) in [6, 6.07) is 0. The maximum atomic E-state index is 5.31. The highest BCUT2D eigenvalue weighted by molar-refractivity contribution is 4.98. The van der Waals surface area contributed by atoms with E-state index in [4.69, 9.17) is 4.74 Å². The molecule has 0 bridgehead atoms. The lowest BCUT2D eigenvalue weighted by Gasteiger charge is -2.52. The second-order valence-electron chi connectivity index (χ2n) is 3.75. The quantitative estimate of drug-likeness (QED) is 0.565. The number of hydrogen-bond donors (Lipinski definition) is 0. The zero-order valence-electron chi connectivity index (χ0n) is 7.31. The average molecular weight is 155 g/mol. The van der Waals surface area contributed by atoms with Gasteiger partial charge in [0.15, 0.2) is 0 Å². The van der Waals surface area contributed by atoms with E-state index in [0.717, 1.165) is 13.2 Å². The molecule has 0 aromatic carbocycles. The van der Waals surface area contributed by atoms with Crippen LogP contribution >= 0.6 is 0 Å². The first kappa shape index (κ1) is 7.56. The minimum atomic E-state index is 0.479. The maximum absolute atomic E-state index is 5.31. The number of ether oxygens (including phenoxy) is 1. The van der Waals surface area contributed by atoms with Gasteiger partial charge in [0.25, 0.3) is 0 Å². The molecule has 0 radical (unpaired) electrons. The van der Waals surface area contributed by atoms with E-state index in [1.165, 1.54) is 32.4 Å². The van der Waals surface area contributed by atoms with Crippen LogP contribution in [0.5, 0.6) is 0 Å². The van der Waals surface area contributed by atoms with Crippen LogP contribution < -0.4 is 0 Å². The van der Waals surface area contributed by atoms with Gasteiger partial charge < -0.3 is 4.74 Å². The van der Waals surface area contributed by atoms with E-state index in [-0.39, 0.29) is 0 Å². The van der Waals surface area contributed by atoms with Crippen molar-refractivity contribution < 1.29 is 4.74 Å². The lowest BCUT2D eigenvalue weighted by Crippen LogP contribution is -2.63. The number of likely N-dealkylation sites (tertiary alicyclic amines) is 1. The van der Waals surface area contributed by atoms with Crippen LogP contribution in [0.3, 0.4) is 0 Å². The lowest BCUT2D eigenvalue weighted by atomic mass is 9.85. The van der Waals surface area contributed by atoms with Gasteiger partial charge in [-0.15, -0.1) is 0 Å². The number of likely N-dealkylation sites (N-methyl/N-ethyl adjacent to an activating group) is 1. The molecular weight excluding hydrogens is 138 g/mol. The van der Waals surface area contributed by atoms with Crippen molar-refractivity contribution in [3.63, 3.8) is 0 Å². The number of rotatable bonds is 1. The van der Waals surface area contributed by atoms with E-state index in [0.29, 0.717) is 5.54 Å². The molecule has 0 unspecified atom stereocenters. The lowest BCUT2D eigenvalue weighted by molar-refractivity contribution is -0.154. The molecule has 2 nitrogen and oxygen atoms in total. The molecular formula is C9H17NO. The zero-order chi connectivity index (χ0) is 7.73. The van der Waals surface area contributed by atoms with E-state index in [1.807, 2.05) is 0 Å². The van der Waals surface area contributed by atoms with Crippen LogP contribution in [0.1, 0.15) is 26.2 Å². The van der Waals surface area contributed by atoms with Crippen molar-refractivity contribution in [1.82, 2.24) is 4.90 Å². The minimum Gasteiger partial charge on any atom is -0.377 e. The molecule has 2 aliphatic rings. The Morgan fingerprint density at radius 1 is 1.36 bits per heavy atom. The number of hydrogen-bond acceptors (Lipinski definition) is 2. The molecule has 0 aromatic rings. The van der Waals surface area contributed by atoms with Crippen LogP contribution in [0.15, 0.2) is 0 Å². The largest absolute Gasteiger partial charge is 0.377 e. The van der Waals surface area contributed by atoms with E-state index in [9.17, 15) is 0 Å². The van der Waals surface area contributed by atoms with Crippen LogP contribution in [0.2, 0.25) is 0 Å². The van der Waals surface area contributed by atoms with Gasteiger partial charge in [-0.25, -0.2) is 0 Å². The third-order valence-corrected chi connectivity index (χ3v) is 3.11. The molecule has 2 aliphatic heterocycles. The molecule has 2 fully saturated rings. The molecule has 1 spiro atoms. The van der Waals surface area contributed by atoms with Crippen LogP contribution in [-0.4, -0.2) is 36.7 Å². The van der Waals surface area contributed by atoms with Crippen molar-refractivity contribution >= 4 is 0 Å². The van der Waals surface area contributed by atoms with Gasteiger partial charge in [0.1, 0.15) is 0 Å². The predicted molar refractivity (Wildman–Crippen MR) is 44.6 cm³/mol.